The van der Waals surface area contributed by atoms with E-state index in [0.29, 0.717) is 17.2 Å². The molecule has 0 heterocycles. The summed E-state index contributed by atoms with van der Waals surface area (Å²) >= 11 is 0. The number of hydrogen-bond acceptors (Lipinski definition) is 2. The molecule has 0 aromatic heterocycles. The molecular weight excluding hydrogens is 256 g/mol. The summed E-state index contributed by atoms with van der Waals surface area (Å²) in [5.41, 5.74) is 1.38. The summed E-state index contributed by atoms with van der Waals surface area (Å²) in [4.78, 5) is 22.4. The van der Waals surface area contributed by atoms with E-state index in [-0.39, 0.29) is 18.5 Å². The molecule has 5 nitrogen and oxygen atoms in total. The fourth-order valence-corrected chi connectivity index (χ4v) is 2.58. The second-order valence-corrected chi connectivity index (χ2v) is 5.38. The van der Waals surface area contributed by atoms with Crippen molar-refractivity contribution in [2.45, 2.75) is 38.6 Å². The molecule has 1 aromatic carbocycles. The lowest BCUT2D eigenvalue weighted by Crippen LogP contribution is -2.39. The summed E-state index contributed by atoms with van der Waals surface area (Å²) in [6, 6.07) is 6.91. The Morgan fingerprint density at radius 1 is 1.25 bits per heavy atom. The predicted octanol–water partition coefficient (Wildman–Crippen LogP) is 2.62. The van der Waals surface area contributed by atoms with Crippen LogP contribution in [0.1, 0.15) is 31.7 Å². The number of carbonyl (C=O) groups is 2. The minimum absolute atomic E-state index is 0.00787. The zero-order valence-electron chi connectivity index (χ0n) is 11.6. The van der Waals surface area contributed by atoms with Crippen LogP contribution in [0, 0.1) is 5.92 Å². The number of amides is 2. The summed E-state index contributed by atoms with van der Waals surface area (Å²) in [5.74, 6) is -0.336. The van der Waals surface area contributed by atoms with Gasteiger partial charge < -0.3 is 15.7 Å². The number of carbonyl (C=O) groups excluding carboxylic acids is 1. The molecule has 1 aliphatic rings. The highest BCUT2D eigenvalue weighted by atomic mass is 16.4. The summed E-state index contributed by atoms with van der Waals surface area (Å²) in [7, 11) is 0. The van der Waals surface area contributed by atoms with Crippen molar-refractivity contribution in [3.63, 3.8) is 0 Å². The summed E-state index contributed by atoms with van der Waals surface area (Å²) in [5, 5.41) is 14.4. The molecule has 108 valence electrons. The first-order valence-electron chi connectivity index (χ1n) is 6.93. The molecule has 2 rings (SSSR count). The fourth-order valence-electron chi connectivity index (χ4n) is 2.58. The molecule has 2 amide bonds. The molecule has 0 bridgehead atoms. The minimum atomic E-state index is -0.862. The van der Waals surface area contributed by atoms with Gasteiger partial charge in [-0.25, -0.2) is 4.79 Å². The van der Waals surface area contributed by atoms with Crippen LogP contribution in [-0.4, -0.2) is 23.1 Å². The molecule has 1 saturated carbocycles. The van der Waals surface area contributed by atoms with Gasteiger partial charge in [-0.05, 0) is 36.5 Å². The highest BCUT2D eigenvalue weighted by Crippen LogP contribution is 2.24. The van der Waals surface area contributed by atoms with Gasteiger partial charge in [-0.15, -0.1) is 0 Å². The quantitative estimate of drug-likeness (QED) is 0.791. The van der Waals surface area contributed by atoms with Gasteiger partial charge in [0.15, 0.2) is 0 Å². The monoisotopic (exact) mass is 276 g/mol. The van der Waals surface area contributed by atoms with E-state index >= 15 is 0 Å². The lowest BCUT2D eigenvalue weighted by Gasteiger charge is -2.17. The van der Waals surface area contributed by atoms with Crippen molar-refractivity contribution < 1.29 is 14.7 Å². The van der Waals surface area contributed by atoms with Crippen LogP contribution >= 0.6 is 0 Å². The largest absolute Gasteiger partial charge is 0.481 e. The zero-order valence-corrected chi connectivity index (χ0v) is 11.6. The van der Waals surface area contributed by atoms with E-state index < -0.39 is 5.97 Å². The maximum absolute atomic E-state index is 11.9. The number of carboxylic acid groups (broad SMARTS) is 1. The number of rotatable bonds is 4. The van der Waals surface area contributed by atoms with Crippen LogP contribution < -0.4 is 10.6 Å². The van der Waals surface area contributed by atoms with Crippen molar-refractivity contribution in [3.05, 3.63) is 29.8 Å². The maximum atomic E-state index is 11.9. The van der Waals surface area contributed by atoms with Crippen LogP contribution in [0.25, 0.3) is 0 Å². The third kappa shape index (κ3) is 3.98. The predicted molar refractivity (Wildman–Crippen MR) is 76.7 cm³/mol. The first kappa shape index (κ1) is 14.4. The Morgan fingerprint density at radius 2 is 1.95 bits per heavy atom. The Morgan fingerprint density at radius 3 is 2.50 bits per heavy atom. The van der Waals surface area contributed by atoms with Crippen molar-refractivity contribution in [3.8, 4) is 0 Å². The van der Waals surface area contributed by atoms with Crippen molar-refractivity contribution >= 4 is 17.7 Å². The van der Waals surface area contributed by atoms with Crippen LogP contribution in [0.4, 0.5) is 10.5 Å². The van der Waals surface area contributed by atoms with Crippen LogP contribution in [0.5, 0.6) is 0 Å². The average molecular weight is 276 g/mol. The standard InChI is InChI=1S/C15H20N2O3/c1-10-3-2-4-13(10)17-15(20)16-12-7-5-11(6-8-12)9-14(18)19/h5-8,10,13H,2-4,9H2,1H3,(H,18,19)(H2,16,17,20). The summed E-state index contributed by atoms with van der Waals surface area (Å²) in [6.45, 7) is 2.15. The second-order valence-electron chi connectivity index (χ2n) is 5.38. The van der Waals surface area contributed by atoms with Gasteiger partial charge in [-0.1, -0.05) is 25.5 Å². The normalized spacial score (nSPS) is 21.4. The Balaban J connectivity index is 1.86. The van der Waals surface area contributed by atoms with Gasteiger partial charge in [-0.3, -0.25) is 4.79 Å². The molecule has 0 saturated heterocycles. The van der Waals surface area contributed by atoms with Gasteiger partial charge in [0.25, 0.3) is 0 Å². The van der Waals surface area contributed by atoms with Crippen LogP contribution in [0.3, 0.4) is 0 Å². The molecule has 0 spiro atoms. The van der Waals surface area contributed by atoms with Crippen LogP contribution in [0.2, 0.25) is 0 Å². The summed E-state index contributed by atoms with van der Waals surface area (Å²) in [6.07, 6.45) is 3.35. The van der Waals surface area contributed by atoms with Crippen molar-refractivity contribution in [1.29, 1.82) is 0 Å². The van der Waals surface area contributed by atoms with E-state index in [1.165, 1.54) is 0 Å². The number of benzene rings is 1. The third-order valence-electron chi connectivity index (χ3n) is 3.75. The minimum Gasteiger partial charge on any atom is -0.481 e. The van der Waals surface area contributed by atoms with E-state index in [1.807, 2.05) is 0 Å². The van der Waals surface area contributed by atoms with Crippen molar-refractivity contribution in [1.82, 2.24) is 5.32 Å². The first-order chi connectivity index (χ1) is 9.54. The van der Waals surface area contributed by atoms with E-state index in [4.69, 9.17) is 5.11 Å². The highest BCUT2D eigenvalue weighted by Gasteiger charge is 2.24. The van der Waals surface area contributed by atoms with Crippen LogP contribution in [-0.2, 0) is 11.2 Å². The van der Waals surface area contributed by atoms with Crippen molar-refractivity contribution in [2.24, 2.45) is 5.92 Å². The van der Waals surface area contributed by atoms with Gasteiger partial charge in [0.1, 0.15) is 0 Å². The molecule has 2 unspecified atom stereocenters. The lowest BCUT2D eigenvalue weighted by molar-refractivity contribution is -0.136. The molecule has 20 heavy (non-hydrogen) atoms. The Bertz CT molecular complexity index is 484. The molecule has 1 aromatic rings. The lowest BCUT2D eigenvalue weighted by atomic mass is 10.1. The summed E-state index contributed by atoms with van der Waals surface area (Å²) < 4.78 is 0. The molecular formula is C15H20N2O3. The third-order valence-corrected chi connectivity index (χ3v) is 3.75. The van der Waals surface area contributed by atoms with Crippen LogP contribution in [0.15, 0.2) is 24.3 Å². The molecule has 5 heteroatoms. The molecule has 1 fully saturated rings. The highest BCUT2D eigenvalue weighted by molar-refractivity contribution is 5.89. The smallest absolute Gasteiger partial charge is 0.319 e. The Hall–Kier alpha value is -2.04. The van der Waals surface area contributed by atoms with E-state index in [9.17, 15) is 9.59 Å². The Kier molecular flexibility index (Phi) is 4.61. The topological polar surface area (TPSA) is 78.4 Å². The molecule has 3 N–H and O–H groups in total. The SMILES string of the molecule is CC1CCCC1NC(=O)Nc1ccc(CC(=O)O)cc1. The van der Waals surface area contributed by atoms with E-state index in [0.717, 1.165) is 19.3 Å². The average Bonchev–Trinajstić information content (AvgIpc) is 2.77. The molecule has 2 atom stereocenters. The van der Waals surface area contributed by atoms with Gasteiger partial charge >= 0.3 is 12.0 Å². The first-order valence-corrected chi connectivity index (χ1v) is 6.93. The maximum Gasteiger partial charge on any atom is 0.319 e. The van der Waals surface area contributed by atoms with Gasteiger partial charge in [0.05, 0.1) is 6.42 Å². The molecule has 1 aliphatic carbocycles. The van der Waals surface area contributed by atoms with Gasteiger partial charge in [0.2, 0.25) is 0 Å². The number of urea groups is 1. The number of anilines is 1. The van der Waals surface area contributed by atoms with E-state index in [1.54, 1.807) is 24.3 Å². The number of carboxylic acids is 1. The van der Waals surface area contributed by atoms with Gasteiger partial charge in [-0.2, -0.15) is 0 Å². The van der Waals surface area contributed by atoms with Gasteiger partial charge in [0, 0.05) is 11.7 Å². The number of aliphatic carboxylic acids is 1. The zero-order chi connectivity index (χ0) is 14.5. The number of nitrogens with one attached hydrogen (secondary N) is 2. The Labute approximate surface area is 118 Å². The van der Waals surface area contributed by atoms with Crippen molar-refractivity contribution in [2.75, 3.05) is 5.32 Å². The number of hydrogen-bond donors (Lipinski definition) is 3. The molecule has 0 radical (unpaired) electrons. The second kappa shape index (κ2) is 6.41. The molecule has 0 aliphatic heterocycles. The fraction of sp³-hybridized carbons (Fsp3) is 0.467. The van der Waals surface area contributed by atoms with E-state index in [2.05, 4.69) is 17.6 Å².